The maximum Gasteiger partial charge on any atom is 0.224 e. The van der Waals surface area contributed by atoms with Gasteiger partial charge in [-0.15, -0.1) is 0 Å². The summed E-state index contributed by atoms with van der Waals surface area (Å²) >= 11 is 0. The van der Waals surface area contributed by atoms with Crippen molar-refractivity contribution in [2.24, 2.45) is 5.73 Å². The Hall–Kier alpha value is -2.40. The molecule has 3 aromatic rings. The molecule has 1 fully saturated rings. The molecule has 23 heavy (non-hydrogen) atoms. The molecule has 2 aromatic heterocycles. The minimum atomic E-state index is 0.353. The Morgan fingerprint density at radius 2 is 1.87 bits per heavy atom. The Labute approximate surface area is 135 Å². The number of nitrogens with one attached hydrogen (secondary N) is 1. The average molecular weight is 307 g/mol. The van der Waals surface area contributed by atoms with E-state index in [0.29, 0.717) is 18.0 Å². The lowest BCUT2D eigenvalue weighted by Crippen LogP contribution is -2.33. The standard InChI is InChI=1S/C18H21N5/c19-14-5-7-15(8-6-14)21-18-20-11-9-17(22-18)23-12-10-13-3-1-2-4-16(13)23/h1-4,9-12,14-15H,5-8,19H2,(H,20,21,22)/t14-,15-. The van der Waals surface area contributed by atoms with Crippen LogP contribution in [0.15, 0.2) is 48.8 Å². The van der Waals surface area contributed by atoms with E-state index in [1.54, 1.807) is 0 Å². The fourth-order valence-corrected chi connectivity index (χ4v) is 3.28. The zero-order valence-electron chi connectivity index (χ0n) is 13.0. The molecule has 2 heterocycles. The fourth-order valence-electron chi connectivity index (χ4n) is 3.28. The van der Waals surface area contributed by atoms with Crippen molar-refractivity contribution in [3.05, 3.63) is 48.8 Å². The molecule has 0 atom stereocenters. The number of nitrogens with zero attached hydrogens (tertiary/aromatic N) is 3. The quantitative estimate of drug-likeness (QED) is 0.780. The summed E-state index contributed by atoms with van der Waals surface area (Å²) in [5.74, 6) is 1.58. The molecule has 0 unspecified atom stereocenters. The van der Waals surface area contributed by atoms with Crippen molar-refractivity contribution in [3.63, 3.8) is 0 Å². The lowest BCUT2D eigenvalue weighted by molar-refractivity contribution is 0.410. The van der Waals surface area contributed by atoms with Crippen molar-refractivity contribution in [2.75, 3.05) is 5.32 Å². The lowest BCUT2D eigenvalue weighted by Gasteiger charge is -2.26. The van der Waals surface area contributed by atoms with E-state index >= 15 is 0 Å². The minimum absolute atomic E-state index is 0.353. The Kier molecular flexibility index (Phi) is 3.71. The number of hydrogen-bond acceptors (Lipinski definition) is 4. The Balaban J connectivity index is 1.59. The predicted octanol–water partition coefficient (Wildman–Crippen LogP) is 3.10. The number of benzene rings is 1. The predicted molar refractivity (Wildman–Crippen MR) is 92.7 cm³/mol. The molecule has 118 valence electrons. The van der Waals surface area contributed by atoms with Gasteiger partial charge in [0.2, 0.25) is 5.95 Å². The summed E-state index contributed by atoms with van der Waals surface area (Å²) < 4.78 is 2.10. The van der Waals surface area contributed by atoms with Crippen molar-refractivity contribution in [1.82, 2.24) is 14.5 Å². The molecule has 0 bridgehead atoms. The third-order valence-electron chi connectivity index (χ3n) is 4.59. The van der Waals surface area contributed by atoms with Crippen LogP contribution in [-0.4, -0.2) is 26.6 Å². The summed E-state index contributed by atoms with van der Waals surface area (Å²) in [6, 6.07) is 13.1. The van der Waals surface area contributed by atoms with Crippen LogP contribution >= 0.6 is 0 Å². The fraction of sp³-hybridized carbons (Fsp3) is 0.333. The molecule has 0 saturated heterocycles. The van der Waals surface area contributed by atoms with Crippen molar-refractivity contribution < 1.29 is 0 Å². The highest BCUT2D eigenvalue weighted by atomic mass is 15.2. The van der Waals surface area contributed by atoms with Gasteiger partial charge >= 0.3 is 0 Å². The second-order valence-electron chi connectivity index (χ2n) is 6.24. The van der Waals surface area contributed by atoms with Crippen LogP contribution in [0.25, 0.3) is 16.7 Å². The van der Waals surface area contributed by atoms with Gasteiger partial charge in [-0.1, -0.05) is 18.2 Å². The van der Waals surface area contributed by atoms with Gasteiger partial charge in [-0.25, -0.2) is 4.98 Å². The number of aromatic nitrogens is 3. The molecule has 1 aliphatic carbocycles. The van der Waals surface area contributed by atoms with Crippen LogP contribution in [0.5, 0.6) is 0 Å². The van der Waals surface area contributed by atoms with Crippen molar-refractivity contribution in [2.45, 2.75) is 37.8 Å². The highest BCUT2D eigenvalue weighted by molar-refractivity contribution is 5.81. The topological polar surface area (TPSA) is 68.8 Å². The number of nitrogens with two attached hydrogens (primary N) is 1. The molecule has 1 aliphatic rings. The van der Waals surface area contributed by atoms with E-state index in [4.69, 9.17) is 5.73 Å². The van der Waals surface area contributed by atoms with Crippen LogP contribution in [-0.2, 0) is 0 Å². The third-order valence-corrected chi connectivity index (χ3v) is 4.59. The number of fused-ring (bicyclic) bond motifs is 1. The highest BCUT2D eigenvalue weighted by Gasteiger charge is 2.19. The first kappa shape index (κ1) is 14.2. The molecule has 0 amide bonds. The normalized spacial score (nSPS) is 21.4. The van der Waals surface area contributed by atoms with Crippen LogP contribution in [0.3, 0.4) is 0 Å². The van der Waals surface area contributed by atoms with Crippen LogP contribution in [0.2, 0.25) is 0 Å². The van der Waals surface area contributed by atoms with E-state index in [9.17, 15) is 0 Å². The largest absolute Gasteiger partial charge is 0.351 e. The van der Waals surface area contributed by atoms with Crippen molar-refractivity contribution >= 4 is 16.9 Å². The molecule has 1 saturated carbocycles. The van der Waals surface area contributed by atoms with Crippen LogP contribution in [0.4, 0.5) is 5.95 Å². The molecule has 5 nitrogen and oxygen atoms in total. The van der Waals surface area contributed by atoms with Crippen LogP contribution in [0.1, 0.15) is 25.7 Å². The minimum Gasteiger partial charge on any atom is -0.351 e. The first-order valence-corrected chi connectivity index (χ1v) is 8.21. The zero-order chi connectivity index (χ0) is 15.6. The van der Waals surface area contributed by atoms with Gasteiger partial charge in [0.05, 0.1) is 5.52 Å². The molecule has 5 heteroatoms. The summed E-state index contributed by atoms with van der Waals surface area (Å²) in [6.45, 7) is 0. The van der Waals surface area contributed by atoms with Gasteiger partial charge in [0.1, 0.15) is 5.82 Å². The smallest absolute Gasteiger partial charge is 0.224 e. The summed E-state index contributed by atoms with van der Waals surface area (Å²) in [5, 5.41) is 4.67. The van der Waals surface area contributed by atoms with Crippen molar-refractivity contribution in [1.29, 1.82) is 0 Å². The first-order chi connectivity index (χ1) is 11.3. The molecule has 3 N–H and O–H groups in total. The first-order valence-electron chi connectivity index (χ1n) is 8.21. The van der Waals surface area contributed by atoms with Gasteiger partial charge < -0.3 is 15.6 Å². The van der Waals surface area contributed by atoms with E-state index in [1.165, 1.54) is 5.39 Å². The van der Waals surface area contributed by atoms with E-state index in [1.807, 2.05) is 24.4 Å². The highest BCUT2D eigenvalue weighted by Crippen LogP contribution is 2.22. The maximum absolute atomic E-state index is 5.97. The van der Waals surface area contributed by atoms with Crippen LogP contribution < -0.4 is 11.1 Å². The third kappa shape index (κ3) is 2.92. The number of para-hydroxylation sites is 1. The maximum atomic E-state index is 5.97. The summed E-state index contributed by atoms with van der Waals surface area (Å²) in [7, 11) is 0. The SMILES string of the molecule is N[C@H]1CC[C@H](Nc2nccc(-n3ccc4ccccc43)n2)CC1. The number of hydrogen-bond donors (Lipinski definition) is 2. The number of anilines is 1. The van der Waals surface area contributed by atoms with Crippen LogP contribution in [0, 0.1) is 0 Å². The molecule has 0 aliphatic heterocycles. The monoisotopic (exact) mass is 307 g/mol. The summed E-state index contributed by atoms with van der Waals surface area (Å²) in [4.78, 5) is 9.06. The van der Waals surface area contributed by atoms with E-state index < -0.39 is 0 Å². The van der Waals surface area contributed by atoms with E-state index in [-0.39, 0.29) is 0 Å². The molecule has 4 rings (SSSR count). The molecule has 1 aromatic carbocycles. The summed E-state index contributed by atoms with van der Waals surface area (Å²) in [5.41, 5.74) is 7.12. The zero-order valence-corrected chi connectivity index (χ0v) is 13.0. The van der Waals surface area contributed by atoms with Gasteiger partial charge in [-0.3, -0.25) is 0 Å². The molecular formula is C18H21N5. The number of rotatable bonds is 3. The Bertz CT molecular complexity index is 802. The molecular weight excluding hydrogens is 286 g/mol. The van der Waals surface area contributed by atoms with Crippen molar-refractivity contribution in [3.8, 4) is 5.82 Å². The van der Waals surface area contributed by atoms with Gasteiger partial charge in [0.25, 0.3) is 0 Å². The Morgan fingerprint density at radius 1 is 1.04 bits per heavy atom. The molecule has 0 radical (unpaired) electrons. The van der Waals surface area contributed by atoms with Gasteiger partial charge in [-0.2, -0.15) is 4.98 Å². The van der Waals surface area contributed by atoms with Gasteiger partial charge in [0.15, 0.2) is 0 Å². The second-order valence-corrected chi connectivity index (χ2v) is 6.24. The molecule has 0 spiro atoms. The Morgan fingerprint density at radius 3 is 2.74 bits per heavy atom. The average Bonchev–Trinajstić information content (AvgIpc) is 3.01. The van der Waals surface area contributed by atoms with E-state index in [2.05, 4.69) is 44.2 Å². The lowest BCUT2D eigenvalue weighted by atomic mass is 9.92. The second kappa shape index (κ2) is 6.01. The van der Waals surface area contributed by atoms with Gasteiger partial charge in [-0.05, 0) is 49.3 Å². The van der Waals surface area contributed by atoms with Gasteiger partial charge in [0, 0.05) is 24.5 Å². The summed E-state index contributed by atoms with van der Waals surface area (Å²) in [6.07, 6.45) is 8.17. The van der Waals surface area contributed by atoms with E-state index in [0.717, 1.165) is 37.0 Å².